The van der Waals surface area contributed by atoms with Crippen molar-refractivity contribution in [1.82, 2.24) is 5.32 Å². The van der Waals surface area contributed by atoms with Crippen LogP contribution in [0.5, 0.6) is 0 Å². The molecule has 0 aromatic rings. The van der Waals surface area contributed by atoms with Crippen LogP contribution < -0.4 is 5.32 Å². The van der Waals surface area contributed by atoms with E-state index in [-0.39, 0.29) is 11.9 Å². The maximum atomic E-state index is 12.5. The van der Waals surface area contributed by atoms with Gasteiger partial charge >= 0.3 is 5.97 Å². The van der Waals surface area contributed by atoms with Gasteiger partial charge in [-0.2, -0.15) is 0 Å². The Balaban J connectivity index is 3.94. The van der Waals surface area contributed by atoms with Gasteiger partial charge in [0.15, 0.2) is 0 Å². The molecule has 0 saturated heterocycles. The van der Waals surface area contributed by atoms with Crippen molar-refractivity contribution in [1.29, 1.82) is 0 Å². The SMILES string of the molecule is CCCCCCCCC(CCCCCC)C(=O)OCCCCCCNC=O. The topological polar surface area (TPSA) is 55.4 Å². The van der Waals surface area contributed by atoms with Gasteiger partial charge < -0.3 is 10.1 Å². The van der Waals surface area contributed by atoms with E-state index in [9.17, 15) is 9.59 Å². The average Bonchev–Trinajstić information content (AvgIpc) is 2.68. The molecule has 1 atom stereocenters. The van der Waals surface area contributed by atoms with E-state index >= 15 is 0 Å². The standard InChI is InChI=1S/C23H45NO3/c1-3-5-7-9-10-14-18-22(17-13-8-6-4-2)23(26)27-20-16-12-11-15-19-24-21-25/h21-22H,3-20H2,1-2H3,(H,24,25). The van der Waals surface area contributed by atoms with E-state index < -0.39 is 0 Å². The van der Waals surface area contributed by atoms with E-state index in [0.717, 1.165) is 64.3 Å². The predicted octanol–water partition coefficient (Wildman–Crippen LogP) is 6.17. The van der Waals surface area contributed by atoms with E-state index in [4.69, 9.17) is 4.74 Å². The molecule has 0 aromatic carbocycles. The minimum Gasteiger partial charge on any atom is -0.465 e. The number of unbranched alkanes of at least 4 members (excludes halogenated alkanes) is 11. The summed E-state index contributed by atoms with van der Waals surface area (Å²) in [7, 11) is 0. The van der Waals surface area contributed by atoms with Crippen molar-refractivity contribution in [3.8, 4) is 0 Å². The van der Waals surface area contributed by atoms with Crippen LogP contribution in [-0.2, 0) is 14.3 Å². The fraction of sp³-hybridized carbons (Fsp3) is 0.913. The summed E-state index contributed by atoms with van der Waals surface area (Å²) in [5.41, 5.74) is 0. The summed E-state index contributed by atoms with van der Waals surface area (Å²) >= 11 is 0. The number of ether oxygens (including phenoxy) is 1. The highest BCUT2D eigenvalue weighted by molar-refractivity contribution is 5.72. The molecule has 0 aliphatic rings. The Morgan fingerprint density at radius 2 is 1.30 bits per heavy atom. The molecular formula is C23H45NO3. The minimum absolute atomic E-state index is 0.0303. The number of carbonyl (C=O) groups is 2. The molecule has 4 heteroatoms. The molecule has 1 unspecified atom stereocenters. The minimum atomic E-state index is 0.0303. The Morgan fingerprint density at radius 1 is 0.778 bits per heavy atom. The van der Waals surface area contributed by atoms with E-state index in [1.807, 2.05) is 0 Å². The highest BCUT2D eigenvalue weighted by Crippen LogP contribution is 2.20. The number of nitrogens with one attached hydrogen (secondary N) is 1. The second-order valence-corrected chi connectivity index (χ2v) is 7.76. The molecule has 0 saturated carbocycles. The van der Waals surface area contributed by atoms with Crippen molar-refractivity contribution in [3.05, 3.63) is 0 Å². The lowest BCUT2D eigenvalue weighted by atomic mass is 9.94. The molecule has 0 fully saturated rings. The molecule has 0 heterocycles. The first-order chi connectivity index (χ1) is 13.3. The number of amides is 1. The summed E-state index contributed by atoms with van der Waals surface area (Å²) in [6, 6.07) is 0. The van der Waals surface area contributed by atoms with E-state index in [1.165, 1.54) is 51.4 Å². The summed E-state index contributed by atoms with van der Waals surface area (Å²) in [6.45, 7) is 5.74. The Hall–Kier alpha value is -1.06. The van der Waals surface area contributed by atoms with Gasteiger partial charge in [-0.3, -0.25) is 9.59 Å². The molecule has 0 aliphatic carbocycles. The first kappa shape index (κ1) is 25.9. The van der Waals surface area contributed by atoms with Crippen LogP contribution in [0.4, 0.5) is 0 Å². The van der Waals surface area contributed by atoms with Crippen LogP contribution in [0.2, 0.25) is 0 Å². The summed E-state index contributed by atoms with van der Waals surface area (Å²) in [4.78, 5) is 22.6. The third kappa shape index (κ3) is 18.1. The van der Waals surface area contributed by atoms with Gasteiger partial charge in [0.1, 0.15) is 0 Å². The molecule has 0 aliphatic heterocycles. The van der Waals surface area contributed by atoms with Gasteiger partial charge in [-0.25, -0.2) is 0 Å². The van der Waals surface area contributed by atoms with Gasteiger partial charge in [0.05, 0.1) is 12.5 Å². The van der Waals surface area contributed by atoms with Crippen molar-refractivity contribution >= 4 is 12.4 Å². The molecule has 0 radical (unpaired) electrons. The smallest absolute Gasteiger partial charge is 0.308 e. The van der Waals surface area contributed by atoms with Gasteiger partial charge in [-0.15, -0.1) is 0 Å². The molecule has 0 bridgehead atoms. The van der Waals surface area contributed by atoms with Crippen LogP contribution in [0.25, 0.3) is 0 Å². The van der Waals surface area contributed by atoms with Crippen molar-refractivity contribution in [2.45, 2.75) is 117 Å². The summed E-state index contributed by atoms with van der Waals surface area (Å²) in [5.74, 6) is 0.132. The first-order valence-electron chi connectivity index (χ1n) is 11.6. The Bertz CT molecular complexity index is 334. The zero-order valence-electron chi connectivity index (χ0n) is 18.1. The van der Waals surface area contributed by atoms with Crippen LogP contribution in [0.3, 0.4) is 0 Å². The second kappa shape index (κ2) is 21.2. The number of carbonyl (C=O) groups excluding carboxylic acids is 2. The van der Waals surface area contributed by atoms with Gasteiger partial charge in [-0.05, 0) is 32.1 Å². The molecule has 4 nitrogen and oxygen atoms in total. The molecule has 1 amide bonds. The van der Waals surface area contributed by atoms with Crippen molar-refractivity contribution in [2.24, 2.45) is 5.92 Å². The van der Waals surface area contributed by atoms with Crippen LogP contribution in [-0.4, -0.2) is 25.5 Å². The Kier molecular flexibility index (Phi) is 20.4. The predicted molar refractivity (Wildman–Crippen MR) is 114 cm³/mol. The molecule has 0 aromatic heterocycles. The van der Waals surface area contributed by atoms with Crippen LogP contribution in [0.1, 0.15) is 117 Å². The zero-order valence-corrected chi connectivity index (χ0v) is 18.1. The average molecular weight is 384 g/mol. The van der Waals surface area contributed by atoms with Crippen molar-refractivity contribution in [3.63, 3.8) is 0 Å². The Labute approximate surface area is 168 Å². The highest BCUT2D eigenvalue weighted by Gasteiger charge is 2.19. The maximum Gasteiger partial charge on any atom is 0.308 e. The van der Waals surface area contributed by atoms with Crippen LogP contribution in [0.15, 0.2) is 0 Å². The highest BCUT2D eigenvalue weighted by atomic mass is 16.5. The lowest BCUT2D eigenvalue weighted by Crippen LogP contribution is -2.19. The van der Waals surface area contributed by atoms with E-state index in [1.54, 1.807) is 0 Å². The molecule has 27 heavy (non-hydrogen) atoms. The largest absolute Gasteiger partial charge is 0.465 e. The summed E-state index contributed by atoms with van der Waals surface area (Å²) in [5, 5.41) is 2.67. The fourth-order valence-corrected chi connectivity index (χ4v) is 3.40. The van der Waals surface area contributed by atoms with E-state index in [0.29, 0.717) is 6.61 Å². The Morgan fingerprint density at radius 3 is 1.93 bits per heavy atom. The van der Waals surface area contributed by atoms with Crippen molar-refractivity contribution in [2.75, 3.05) is 13.2 Å². The molecule has 160 valence electrons. The molecule has 0 rings (SSSR count). The molecule has 1 N–H and O–H groups in total. The molecular weight excluding hydrogens is 338 g/mol. The lowest BCUT2D eigenvalue weighted by Gasteiger charge is -2.16. The van der Waals surface area contributed by atoms with Gasteiger partial charge in [0.25, 0.3) is 0 Å². The number of hydrogen-bond donors (Lipinski definition) is 1. The van der Waals surface area contributed by atoms with Gasteiger partial charge in [0.2, 0.25) is 6.41 Å². The first-order valence-corrected chi connectivity index (χ1v) is 11.6. The summed E-state index contributed by atoms with van der Waals surface area (Å²) < 4.78 is 5.57. The lowest BCUT2D eigenvalue weighted by molar-refractivity contribution is -0.149. The summed E-state index contributed by atoms with van der Waals surface area (Å²) in [6.07, 6.45) is 19.2. The van der Waals surface area contributed by atoms with Crippen molar-refractivity contribution < 1.29 is 14.3 Å². The van der Waals surface area contributed by atoms with Gasteiger partial charge in [-0.1, -0.05) is 84.5 Å². The number of hydrogen-bond acceptors (Lipinski definition) is 3. The quantitative estimate of drug-likeness (QED) is 0.146. The van der Waals surface area contributed by atoms with Gasteiger partial charge in [0, 0.05) is 6.54 Å². The fourth-order valence-electron chi connectivity index (χ4n) is 3.40. The normalized spacial score (nSPS) is 11.9. The third-order valence-electron chi connectivity index (χ3n) is 5.19. The maximum absolute atomic E-state index is 12.5. The van der Waals surface area contributed by atoms with Crippen LogP contribution >= 0.6 is 0 Å². The third-order valence-corrected chi connectivity index (χ3v) is 5.19. The molecule has 0 spiro atoms. The number of esters is 1. The number of rotatable bonds is 21. The second-order valence-electron chi connectivity index (χ2n) is 7.76. The zero-order chi connectivity index (χ0) is 20.0. The monoisotopic (exact) mass is 383 g/mol. The van der Waals surface area contributed by atoms with Crippen LogP contribution in [0, 0.1) is 5.92 Å². The van der Waals surface area contributed by atoms with E-state index in [2.05, 4.69) is 19.2 Å².